The van der Waals surface area contributed by atoms with Crippen molar-refractivity contribution in [3.63, 3.8) is 0 Å². The molecule has 0 bridgehead atoms. The Balaban J connectivity index is -0.0000000450. The Morgan fingerprint density at radius 3 is 1.17 bits per heavy atom. The monoisotopic (exact) mass is 130 g/mol. The Morgan fingerprint density at radius 2 is 1.17 bits per heavy atom. The summed E-state index contributed by atoms with van der Waals surface area (Å²) >= 11 is 0. The summed E-state index contributed by atoms with van der Waals surface area (Å²) in [6, 6.07) is 0. The van der Waals surface area contributed by atoms with Crippen LogP contribution < -0.4 is 0 Å². The molecule has 0 rings (SSSR count). The van der Waals surface area contributed by atoms with Gasteiger partial charge in [0, 0.05) is 0 Å². The van der Waals surface area contributed by atoms with E-state index < -0.39 is 0 Å². The molecule has 0 aliphatic carbocycles. The number of hydrogen-bond donors (Lipinski definition) is 2. The van der Waals surface area contributed by atoms with Crippen LogP contribution in [0.1, 0.15) is 0 Å². The summed E-state index contributed by atoms with van der Waals surface area (Å²) < 4.78 is 0. The molecule has 2 N–H and O–H groups in total. The molecule has 6 heteroatoms. The molecule has 0 aliphatic rings. The van der Waals surface area contributed by atoms with Gasteiger partial charge in [0.1, 0.15) is 0 Å². The second-order valence-corrected chi connectivity index (χ2v) is 0.149. The van der Waals surface area contributed by atoms with Crippen molar-refractivity contribution < 1.29 is 20.6 Å². The second kappa shape index (κ2) is 15.6. The average Bonchev–Trinajstić information content (AvgIpc) is 1.37. The van der Waals surface area contributed by atoms with Crippen molar-refractivity contribution >= 4 is 80.9 Å². The molecule has 0 aliphatic heterocycles. The number of rotatable bonds is 1. The van der Waals surface area contributed by atoms with Gasteiger partial charge >= 0.3 is 80.9 Å². The molecule has 0 unspecified atom stereocenters. The van der Waals surface area contributed by atoms with Gasteiger partial charge in [0.2, 0.25) is 0 Å². The SMILES string of the molecule is OOOO.[KH].[NaH]. The molecule has 0 aromatic rings. The summed E-state index contributed by atoms with van der Waals surface area (Å²) in [6.07, 6.45) is 0. The Labute approximate surface area is 99.3 Å². The fraction of sp³-hybridized carbons (Fsp3) is 0. The third-order valence-electron chi connectivity index (χ3n) is 0.0333. The van der Waals surface area contributed by atoms with Crippen molar-refractivity contribution in [3.8, 4) is 0 Å². The summed E-state index contributed by atoms with van der Waals surface area (Å²) in [7, 11) is 0. The van der Waals surface area contributed by atoms with Gasteiger partial charge in [-0.25, -0.2) is 10.5 Å². The molecule has 6 heavy (non-hydrogen) atoms. The first-order valence-electron chi connectivity index (χ1n) is 0.532. The first-order valence-corrected chi connectivity index (χ1v) is 0.532. The van der Waals surface area contributed by atoms with E-state index in [-0.39, 0.29) is 80.9 Å². The predicted molar refractivity (Wildman–Crippen MR) is 21.7 cm³/mol. The first-order chi connectivity index (χ1) is 1.91. The van der Waals surface area contributed by atoms with Crippen LogP contribution in [0.3, 0.4) is 0 Å². The molecular formula is H4KNaO4. The van der Waals surface area contributed by atoms with E-state index in [1.807, 2.05) is 0 Å². The molecule has 0 atom stereocenters. The molecule has 0 amide bonds. The molecule has 0 aromatic heterocycles. The summed E-state index contributed by atoms with van der Waals surface area (Å²) in [6.45, 7) is 0. The van der Waals surface area contributed by atoms with Crippen molar-refractivity contribution in [1.29, 1.82) is 0 Å². The summed E-state index contributed by atoms with van der Waals surface area (Å²) in [5, 5.41) is 19.0. The fourth-order valence-corrected chi connectivity index (χ4v) is 0. The third-order valence-corrected chi connectivity index (χ3v) is 0.0333. The van der Waals surface area contributed by atoms with Crippen LogP contribution in [-0.2, 0) is 10.1 Å². The number of hydrogen-bond acceptors (Lipinski definition) is 4. The van der Waals surface area contributed by atoms with Crippen LogP contribution in [0.2, 0.25) is 0 Å². The van der Waals surface area contributed by atoms with Crippen LogP contribution in [0.15, 0.2) is 0 Å². The Kier molecular flexibility index (Phi) is 41.2. The van der Waals surface area contributed by atoms with Crippen molar-refractivity contribution in [2.24, 2.45) is 0 Å². The molecule has 0 heterocycles. The molecule has 0 aromatic carbocycles. The van der Waals surface area contributed by atoms with E-state index in [0.29, 0.717) is 0 Å². The molecule has 0 radical (unpaired) electrons. The minimum absolute atomic E-state index is 0. The van der Waals surface area contributed by atoms with Crippen LogP contribution in [0, 0.1) is 0 Å². The minimum atomic E-state index is 0. The van der Waals surface area contributed by atoms with E-state index in [0.717, 1.165) is 0 Å². The van der Waals surface area contributed by atoms with Crippen molar-refractivity contribution in [2.75, 3.05) is 0 Å². The Hall–Kier alpha value is 2.48. The van der Waals surface area contributed by atoms with Gasteiger partial charge in [0.15, 0.2) is 0 Å². The van der Waals surface area contributed by atoms with E-state index in [1.54, 1.807) is 0 Å². The quantitative estimate of drug-likeness (QED) is 0.260. The van der Waals surface area contributed by atoms with Gasteiger partial charge < -0.3 is 0 Å². The zero-order valence-corrected chi connectivity index (χ0v) is 1.71. The zero-order valence-electron chi connectivity index (χ0n) is 1.71. The van der Waals surface area contributed by atoms with Gasteiger partial charge in [-0.1, -0.05) is 0 Å². The Bertz CT molecular complexity index is 9.51. The first kappa shape index (κ1) is 15.8. The van der Waals surface area contributed by atoms with E-state index in [9.17, 15) is 0 Å². The van der Waals surface area contributed by atoms with Crippen LogP contribution in [0.25, 0.3) is 0 Å². The van der Waals surface area contributed by atoms with Gasteiger partial charge in [-0.15, -0.1) is 0 Å². The van der Waals surface area contributed by atoms with Crippen LogP contribution in [0.5, 0.6) is 0 Å². The molecular weight excluding hydrogens is 126 g/mol. The average molecular weight is 130 g/mol. The van der Waals surface area contributed by atoms with Crippen LogP contribution >= 0.6 is 0 Å². The summed E-state index contributed by atoms with van der Waals surface area (Å²) in [4.78, 5) is 0. The van der Waals surface area contributed by atoms with Gasteiger partial charge in [0.25, 0.3) is 0 Å². The van der Waals surface area contributed by atoms with Gasteiger partial charge in [-0.2, -0.15) is 0 Å². The van der Waals surface area contributed by atoms with Crippen molar-refractivity contribution in [2.45, 2.75) is 0 Å². The van der Waals surface area contributed by atoms with Crippen LogP contribution in [-0.4, -0.2) is 91.5 Å². The standard InChI is InChI=1S/K.Na.H2O4.2H/c;;1-3-4-2;;/h;;1-2H;;. The molecule has 4 nitrogen and oxygen atoms in total. The maximum atomic E-state index is 6.90. The predicted octanol–water partition coefficient (Wildman–Crippen LogP) is -1.42. The van der Waals surface area contributed by atoms with Crippen molar-refractivity contribution in [1.82, 2.24) is 0 Å². The van der Waals surface area contributed by atoms with E-state index in [2.05, 4.69) is 10.1 Å². The van der Waals surface area contributed by atoms with E-state index in [4.69, 9.17) is 10.5 Å². The molecule has 0 fully saturated rings. The second-order valence-electron chi connectivity index (χ2n) is 0.149. The van der Waals surface area contributed by atoms with E-state index >= 15 is 0 Å². The molecule has 0 saturated carbocycles. The third kappa shape index (κ3) is 16.1. The zero-order chi connectivity index (χ0) is 3.41. The maximum absolute atomic E-state index is 6.90. The van der Waals surface area contributed by atoms with Gasteiger partial charge in [0.05, 0.1) is 0 Å². The topological polar surface area (TPSA) is 58.9 Å². The van der Waals surface area contributed by atoms with E-state index in [1.165, 1.54) is 0 Å². The van der Waals surface area contributed by atoms with Gasteiger partial charge in [-0.05, 0) is 10.1 Å². The Morgan fingerprint density at radius 1 is 1.00 bits per heavy atom. The van der Waals surface area contributed by atoms with Gasteiger partial charge in [-0.3, -0.25) is 0 Å². The summed E-state index contributed by atoms with van der Waals surface area (Å²) in [5.74, 6) is 0. The summed E-state index contributed by atoms with van der Waals surface area (Å²) in [5.41, 5.74) is 0. The normalized spacial score (nSPS) is 5.00. The molecule has 0 saturated heterocycles. The molecule has 0 spiro atoms. The van der Waals surface area contributed by atoms with Crippen LogP contribution in [0.4, 0.5) is 0 Å². The fourth-order valence-electron chi connectivity index (χ4n) is 0. The van der Waals surface area contributed by atoms with Crippen molar-refractivity contribution in [3.05, 3.63) is 0 Å². The molecule has 30 valence electrons.